The number of likely N-dealkylation sites (tertiary alicyclic amines) is 2. The van der Waals surface area contributed by atoms with Crippen molar-refractivity contribution in [2.75, 3.05) is 95.3 Å². The number of nitrogens with zero attached hydrogens (tertiary/aromatic N) is 10. The van der Waals surface area contributed by atoms with Crippen LogP contribution in [0.1, 0.15) is 123 Å². The number of carbonyl (C=O) groups is 5. The second-order valence-electron chi connectivity index (χ2n) is 23.0. The summed E-state index contributed by atoms with van der Waals surface area (Å²) in [5.41, 5.74) is 5.34. The molecular formula is C61H78ClN13O8. The summed E-state index contributed by atoms with van der Waals surface area (Å²) in [7, 11) is 0. The van der Waals surface area contributed by atoms with Gasteiger partial charge in [0.25, 0.3) is 5.91 Å². The summed E-state index contributed by atoms with van der Waals surface area (Å²) in [6, 6.07) is 18.8. The zero-order valence-corrected chi connectivity index (χ0v) is 49.0. The van der Waals surface area contributed by atoms with Gasteiger partial charge in [0.2, 0.25) is 17.7 Å². The van der Waals surface area contributed by atoms with Crippen LogP contribution in [0.25, 0.3) is 11.1 Å². The van der Waals surface area contributed by atoms with Gasteiger partial charge in [-0.25, -0.2) is 29.7 Å². The number of piperazine rings is 1. The molecule has 3 aliphatic heterocycles. The first-order valence-electron chi connectivity index (χ1n) is 29.1. The fourth-order valence-corrected chi connectivity index (χ4v) is 11.4. The number of aryl methyl sites for hydroxylation is 1. The minimum atomic E-state index is -0.814. The van der Waals surface area contributed by atoms with Crippen molar-refractivity contribution in [3.05, 3.63) is 125 Å². The van der Waals surface area contributed by atoms with E-state index in [0.29, 0.717) is 108 Å². The van der Waals surface area contributed by atoms with Gasteiger partial charge >= 0.3 is 6.09 Å². The molecule has 0 unspecified atom stereocenters. The van der Waals surface area contributed by atoms with Crippen LogP contribution >= 0.6 is 11.6 Å². The van der Waals surface area contributed by atoms with Gasteiger partial charge in [-0.2, -0.15) is 0 Å². The number of fused-ring (bicyclic) bond motifs is 1. The fourth-order valence-electron chi connectivity index (χ4n) is 11.3. The average molecular weight is 1160 g/mol. The van der Waals surface area contributed by atoms with Gasteiger partial charge in [0.15, 0.2) is 5.69 Å². The second-order valence-corrected chi connectivity index (χ2v) is 23.4. The number of amides is 5. The third kappa shape index (κ3) is 16.1. The molecular weight excluding hydrogens is 1080 g/mol. The van der Waals surface area contributed by atoms with Crippen LogP contribution in [0.2, 0.25) is 5.02 Å². The van der Waals surface area contributed by atoms with E-state index in [1.54, 1.807) is 62.3 Å². The van der Waals surface area contributed by atoms with Gasteiger partial charge in [0.05, 0.1) is 54.4 Å². The minimum Gasteiger partial charge on any atom is -0.444 e. The van der Waals surface area contributed by atoms with E-state index < -0.39 is 29.6 Å². The fraction of sp³-hybridized carbons (Fsp3) is 0.508. The van der Waals surface area contributed by atoms with Crippen molar-refractivity contribution in [3.8, 4) is 11.1 Å². The molecule has 3 fully saturated rings. The lowest BCUT2D eigenvalue weighted by molar-refractivity contribution is -0.133. The molecule has 442 valence electrons. The summed E-state index contributed by atoms with van der Waals surface area (Å²) in [5.74, 6) is -0.352. The topological polar surface area (TPSA) is 241 Å². The Bertz CT molecular complexity index is 3040. The van der Waals surface area contributed by atoms with Crippen molar-refractivity contribution in [3.63, 3.8) is 0 Å². The maximum atomic E-state index is 14.4. The molecule has 22 heteroatoms. The van der Waals surface area contributed by atoms with E-state index in [2.05, 4.69) is 70.6 Å². The van der Waals surface area contributed by atoms with Crippen molar-refractivity contribution in [2.24, 2.45) is 0 Å². The van der Waals surface area contributed by atoms with Crippen LogP contribution in [0, 0.1) is 0 Å². The predicted molar refractivity (Wildman–Crippen MR) is 315 cm³/mol. The number of nitrogens with one attached hydrogen (secondary N) is 3. The van der Waals surface area contributed by atoms with Gasteiger partial charge in [-0.3, -0.25) is 29.0 Å². The highest BCUT2D eigenvalue weighted by molar-refractivity contribution is 6.30. The largest absolute Gasteiger partial charge is 0.444 e. The monoisotopic (exact) mass is 1160 g/mol. The Hall–Kier alpha value is -7.17. The van der Waals surface area contributed by atoms with Crippen molar-refractivity contribution in [1.29, 1.82) is 0 Å². The van der Waals surface area contributed by atoms with Crippen LogP contribution in [-0.2, 0) is 36.8 Å². The van der Waals surface area contributed by atoms with Gasteiger partial charge in [-0.15, -0.1) is 0 Å². The Morgan fingerprint density at radius 1 is 0.819 bits per heavy atom. The standard InChI is InChI=1S/C61H78ClN13O8/c1-6-41-8-7-9-43(31-41)44-32-50(70-53(78)37-75(60(81)83-61(3,4)5)35-46-14-19-64-38-67-46)55(66-33-44)59(80)73-24-17-48(18-25-73)82-47-15-22-71(23-16-47)36-52(77)65-21-20-63-34-49(42-10-12-45(62)13-11-42)58(79)74-28-26-72(27-29-74)57-54-40(2)30-51(76)56(54)68-39-69-57/h7-14,19,31-33,38-40,47-49,51,63,76H,6,15-18,20-30,34-37H2,1-5H3,(H,65,77)(H,70,78)/t40-,49-,51-/m1/s1. The Balaban J connectivity index is 0.717. The summed E-state index contributed by atoms with van der Waals surface area (Å²) in [6.07, 6.45) is 9.08. The number of halogens is 1. The number of aromatic nitrogens is 5. The first kappa shape index (κ1) is 60.4. The molecule has 6 heterocycles. The lowest BCUT2D eigenvalue weighted by Crippen LogP contribution is -2.51. The van der Waals surface area contributed by atoms with Crippen LogP contribution in [0.4, 0.5) is 16.3 Å². The predicted octanol–water partition coefficient (Wildman–Crippen LogP) is 6.38. The van der Waals surface area contributed by atoms with E-state index in [-0.39, 0.29) is 66.9 Å². The number of hydrogen-bond donors (Lipinski definition) is 4. The third-order valence-electron chi connectivity index (χ3n) is 15.7. The first-order valence-corrected chi connectivity index (χ1v) is 29.4. The number of rotatable bonds is 20. The van der Waals surface area contributed by atoms with E-state index in [4.69, 9.17) is 21.1 Å². The summed E-state index contributed by atoms with van der Waals surface area (Å²) in [5, 5.41) is 20.5. The number of hydrogen-bond acceptors (Lipinski definition) is 16. The molecule has 3 saturated heterocycles. The molecule has 3 aromatic heterocycles. The molecule has 3 atom stereocenters. The molecule has 0 spiro atoms. The lowest BCUT2D eigenvalue weighted by Gasteiger charge is -2.38. The van der Waals surface area contributed by atoms with Gasteiger partial charge in [-0.05, 0) is 106 Å². The molecule has 9 rings (SSSR count). The number of aliphatic hydroxyl groups excluding tert-OH is 1. The Morgan fingerprint density at radius 3 is 2.25 bits per heavy atom. The Labute approximate surface area is 490 Å². The molecule has 0 bridgehead atoms. The highest BCUT2D eigenvalue weighted by Crippen LogP contribution is 2.43. The Kier molecular flexibility index (Phi) is 20.3. The van der Waals surface area contributed by atoms with Crippen LogP contribution in [0.5, 0.6) is 0 Å². The molecule has 83 heavy (non-hydrogen) atoms. The van der Waals surface area contributed by atoms with E-state index in [1.807, 2.05) is 35.2 Å². The van der Waals surface area contributed by atoms with Crippen molar-refractivity contribution in [1.82, 2.24) is 55.2 Å². The van der Waals surface area contributed by atoms with Crippen molar-refractivity contribution in [2.45, 2.75) is 115 Å². The maximum absolute atomic E-state index is 14.4. The number of pyridine rings is 1. The first-order chi connectivity index (χ1) is 40.0. The molecule has 0 saturated carbocycles. The van der Waals surface area contributed by atoms with Crippen molar-refractivity contribution >= 4 is 52.8 Å². The van der Waals surface area contributed by atoms with E-state index in [9.17, 15) is 29.1 Å². The normalized spacial score (nSPS) is 18.3. The number of ether oxygens (including phenoxy) is 2. The van der Waals surface area contributed by atoms with Crippen LogP contribution < -0.4 is 20.9 Å². The quantitative estimate of drug-likeness (QED) is 0.0618. The number of benzene rings is 2. The summed E-state index contributed by atoms with van der Waals surface area (Å²) >= 11 is 6.25. The van der Waals surface area contributed by atoms with Gasteiger partial charge in [0, 0.05) is 101 Å². The maximum Gasteiger partial charge on any atom is 0.411 e. The molecule has 5 amide bonds. The smallest absolute Gasteiger partial charge is 0.411 e. The summed E-state index contributed by atoms with van der Waals surface area (Å²) in [6.45, 7) is 15.2. The highest BCUT2D eigenvalue weighted by atomic mass is 35.5. The summed E-state index contributed by atoms with van der Waals surface area (Å²) in [4.78, 5) is 100. The third-order valence-corrected chi connectivity index (χ3v) is 16.0. The van der Waals surface area contributed by atoms with E-state index >= 15 is 0 Å². The molecule has 4 N–H and O–H groups in total. The van der Waals surface area contributed by atoms with Crippen LogP contribution in [-0.4, -0.2) is 182 Å². The number of piperidine rings is 2. The molecule has 2 aromatic carbocycles. The van der Waals surface area contributed by atoms with Gasteiger partial charge < -0.3 is 45.2 Å². The van der Waals surface area contributed by atoms with Gasteiger partial charge in [0.1, 0.15) is 30.6 Å². The number of carbonyl (C=O) groups excluding carboxylic acids is 5. The number of aliphatic hydroxyl groups is 1. The molecule has 5 aromatic rings. The molecule has 1 aliphatic carbocycles. The van der Waals surface area contributed by atoms with Crippen molar-refractivity contribution < 1.29 is 38.6 Å². The minimum absolute atomic E-state index is 0.00430. The molecule has 4 aliphatic rings. The molecule has 21 nitrogen and oxygen atoms in total. The van der Waals surface area contributed by atoms with Crippen LogP contribution in [0.15, 0.2) is 85.7 Å². The zero-order valence-electron chi connectivity index (χ0n) is 48.3. The SMILES string of the molecule is CCc1cccc(-c2cnc(C(=O)N3CCC(OC4CCN(CC(=O)NCCNC[C@@H](C(=O)N5CCN(c6ncnc7c6[C@H](C)C[C@H]7O)CC5)c5ccc(Cl)cc5)CC4)CC3)c(NC(=O)CN(Cc3ccncn3)C(=O)OC(C)(C)C)c2)c1. The number of anilines is 2. The molecule has 0 radical (unpaired) electrons. The summed E-state index contributed by atoms with van der Waals surface area (Å²) < 4.78 is 12.3. The zero-order chi connectivity index (χ0) is 58.6. The highest BCUT2D eigenvalue weighted by Gasteiger charge is 2.36. The van der Waals surface area contributed by atoms with E-state index in [1.165, 1.54) is 17.6 Å². The average Bonchev–Trinajstić information content (AvgIpc) is 4.04. The van der Waals surface area contributed by atoms with E-state index in [0.717, 1.165) is 52.9 Å². The van der Waals surface area contributed by atoms with Gasteiger partial charge in [-0.1, -0.05) is 61.8 Å². The lowest BCUT2D eigenvalue weighted by atomic mass is 9.97. The van der Waals surface area contributed by atoms with Crippen LogP contribution in [0.3, 0.4) is 0 Å². The second kappa shape index (κ2) is 27.9. The Morgan fingerprint density at radius 2 is 1.55 bits per heavy atom.